The minimum atomic E-state index is 0.0836. The van der Waals surface area contributed by atoms with Gasteiger partial charge in [0.15, 0.2) is 5.01 Å². The summed E-state index contributed by atoms with van der Waals surface area (Å²) in [5.41, 5.74) is 2.11. The summed E-state index contributed by atoms with van der Waals surface area (Å²) in [6.45, 7) is 3.10. The second-order valence-electron chi connectivity index (χ2n) is 4.71. The van der Waals surface area contributed by atoms with Crippen LogP contribution in [0, 0.1) is 0 Å². The molecule has 3 rings (SSSR count). The molecule has 1 unspecified atom stereocenters. The Morgan fingerprint density at radius 3 is 2.76 bits per heavy atom. The summed E-state index contributed by atoms with van der Waals surface area (Å²) in [4.78, 5) is 0. The topological polar surface area (TPSA) is 66.5 Å². The maximum atomic E-state index is 4.36. The lowest BCUT2D eigenvalue weighted by atomic mass is 10.1. The van der Waals surface area contributed by atoms with Crippen LogP contribution in [0.4, 0.5) is 0 Å². The van der Waals surface area contributed by atoms with E-state index in [-0.39, 0.29) is 6.04 Å². The fraction of sp³-hybridized carbons (Fsp3) is 0.267. The number of nitrogens with one attached hydrogen (secondary N) is 2. The van der Waals surface area contributed by atoms with Crippen LogP contribution in [0.1, 0.15) is 30.0 Å². The van der Waals surface area contributed by atoms with Gasteiger partial charge in [-0.05, 0) is 24.6 Å². The monoisotopic (exact) mass is 299 g/mol. The summed E-state index contributed by atoms with van der Waals surface area (Å²) in [6, 6.07) is 12.3. The SMILES string of the molecule is CCCNC(c1ccccc1)c1nnc(-c2ccn[nH]2)s1. The molecule has 0 saturated heterocycles. The van der Waals surface area contributed by atoms with Crippen LogP contribution in [0.2, 0.25) is 0 Å². The zero-order valence-corrected chi connectivity index (χ0v) is 12.6. The second-order valence-corrected chi connectivity index (χ2v) is 5.72. The number of H-pyrrole nitrogens is 1. The molecule has 3 aromatic rings. The van der Waals surface area contributed by atoms with Crippen LogP contribution in [0.25, 0.3) is 10.7 Å². The molecule has 0 aliphatic heterocycles. The van der Waals surface area contributed by atoms with Gasteiger partial charge in [0.2, 0.25) is 0 Å². The fourth-order valence-electron chi connectivity index (χ4n) is 2.12. The van der Waals surface area contributed by atoms with E-state index in [1.807, 2.05) is 24.3 Å². The highest BCUT2D eigenvalue weighted by atomic mass is 32.1. The molecule has 0 spiro atoms. The smallest absolute Gasteiger partial charge is 0.165 e. The van der Waals surface area contributed by atoms with Crippen LogP contribution in [-0.2, 0) is 0 Å². The Balaban J connectivity index is 1.90. The Hall–Kier alpha value is -2.05. The molecule has 2 N–H and O–H groups in total. The third kappa shape index (κ3) is 3.17. The molecule has 108 valence electrons. The first-order valence-electron chi connectivity index (χ1n) is 7.00. The first-order valence-corrected chi connectivity index (χ1v) is 7.81. The van der Waals surface area contributed by atoms with Gasteiger partial charge in [-0.15, -0.1) is 10.2 Å². The molecule has 0 bridgehead atoms. The number of nitrogens with zero attached hydrogens (tertiary/aromatic N) is 3. The van der Waals surface area contributed by atoms with Gasteiger partial charge < -0.3 is 5.32 Å². The maximum absolute atomic E-state index is 4.36. The Kier molecular flexibility index (Phi) is 4.37. The number of aromatic amines is 1. The minimum Gasteiger partial charge on any atom is -0.304 e. The molecule has 5 nitrogen and oxygen atoms in total. The first-order chi connectivity index (χ1) is 10.4. The van der Waals surface area contributed by atoms with Gasteiger partial charge in [0.1, 0.15) is 5.01 Å². The van der Waals surface area contributed by atoms with Crippen molar-refractivity contribution in [1.29, 1.82) is 0 Å². The van der Waals surface area contributed by atoms with Crippen molar-refractivity contribution >= 4 is 11.3 Å². The van der Waals surface area contributed by atoms with E-state index in [0.29, 0.717) is 0 Å². The van der Waals surface area contributed by atoms with E-state index in [9.17, 15) is 0 Å². The van der Waals surface area contributed by atoms with Crippen molar-refractivity contribution in [3.63, 3.8) is 0 Å². The van der Waals surface area contributed by atoms with Crippen molar-refractivity contribution in [2.24, 2.45) is 0 Å². The molecule has 0 amide bonds. The standard InChI is InChI=1S/C15H17N5S/c1-2-9-16-13(11-6-4-3-5-7-11)15-20-19-14(21-15)12-8-10-17-18-12/h3-8,10,13,16H,2,9H2,1H3,(H,17,18). The van der Waals surface area contributed by atoms with Crippen LogP contribution in [0.15, 0.2) is 42.6 Å². The summed E-state index contributed by atoms with van der Waals surface area (Å²) in [5.74, 6) is 0. The van der Waals surface area contributed by atoms with Gasteiger partial charge in [-0.3, -0.25) is 5.10 Å². The summed E-state index contributed by atoms with van der Waals surface area (Å²) < 4.78 is 0. The fourth-order valence-corrected chi connectivity index (χ4v) is 3.04. The normalized spacial score (nSPS) is 12.4. The Morgan fingerprint density at radius 2 is 2.05 bits per heavy atom. The van der Waals surface area contributed by atoms with Crippen molar-refractivity contribution in [2.45, 2.75) is 19.4 Å². The van der Waals surface area contributed by atoms with E-state index >= 15 is 0 Å². The van der Waals surface area contributed by atoms with Crippen LogP contribution in [0.5, 0.6) is 0 Å². The predicted octanol–water partition coefficient (Wildman–Crippen LogP) is 3.02. The third-order valence-corrected chi connectivity index (χ3v) is 4.17. The minimum absolute atomic E-state index is 0.0836. The second kappa shape index (κ2) is 6.60. The molecule has 1 atom stereocenters. The highest BCUT2D eigenvalue weighted by molar-refractivity contribution is 7.14. The number of hydrogen-bond donors (Lipinski definition) is 2. The van der Waals surface area contributed by atoms with E-state index in [1.54, 1.807) is 17.5 Å². The first kappa shape index (κ1) is 13.9. The van der Waals surface area contributed by atoms with E-state index in [2.05, 4.69) is 44.8 Å². The molecule has 0 saturated carbocycles. The predicted molar refractivity (Wildman–Crippen MR) is 84.1 cm³/mol. The number of aromatic nitrogens is 4. The molecular weight excluding hydrogens is 282 g/mol. The van der Waals surface area contributed by atoms with Crippen molar-refractivity contribution in [3.8, 4) is 10.7 Å². The average molecular weight is 299 g/mol. The largest absolute Gasteiger partial charge is 0.304 e. The Bertz CT molecular complexity index is 662. The van der Waals surface area contributed by atoms with E-state index < -0.39 is 0 Å². The highest BCUT2D eigenvalue weighted by Crippen LogP contribution is 2.29. The summed E-state index contributed by atoms with van der Waals surface area (Å²) in [6.07, 6.45) is 2.80. The Labute approximate surface area is 127 Å². The highest BCUT2D eigenvalue weighted by Gasteiger charge is 2.19. The molecule has 2 heterocycles. The van der Waals surface area contributed by atoms with Gasteiger partial charge in [0, 0.05) is 6.20 Å². The molecule has 2 aromatic heterocycles. The molecule has 1 aromatic carbocycles. The van der Waals surface area contributed by atoms with Crippen LogP contribution in [0.3, 0.4) is 0 Å². The van der Waals surface area contributed by atoms with Crippen LogP contribution in [-0.4, -0.2) is 26.9 Å². The van der Waals surface area contributed by atoms with Gasteiger partial charge in [0.05, 0.1) is 11.7 Å². The lowest BCUT2D eigenvalue weighted by Crippen LogP contribution is -2.23. The van der Waals surface area contributed by atoms with Crippen LogP contribution >= 0.6 is 11.3 Å². The zero-order chi connectivity index (χ0) is 14.5. The number of benzene rings is 1. The molecule has 0 aliphatic rings. The van der Waals surface area contributed by atoms with Crippen molar-refractivity contribution < 1.29 is 0 Å². The van der Waals surface area contributed by atoms with Gasteiger partial charge >= 0.3 is 0 Å². The summed E-state index contributed by atoms with van der Waals surface area (Å²) in [5, 5.41) is 20.9. The van der Waals surface area contributed by atoms with Gasteiger partial charge in [0.25, 0.3) is 0 Å². The Morgan fingerprint density at radius 1 is 1.19 bits per heavy atom. The lowest BCUT2D eigenvalue weighted by Gasteiger charge is -2.15. The molecule has 6 heteroatoms. The van der Waals surface area contributed by atoms with Gasteiger partial charge in [-0.2, -0.15) is 5.10 Å². The number of rotatable bonds is 6. The zero-order valence-electron chi connectivity index (χ0n) is 11.8. The molecular formula is C15H17N5S. The summed E-state index contributed by atoms with van der Waals surface area (Å²) >= 11 is 1.59. The molecule has 0 fully saturated rings. The lowest BCUT2D eigenvalue weighted by molar-refractivity contribution is 0.592. The van der Waals surface area contributed by atoms with E-state index in [1.165, 1.54) is 5.56 Å². The molecule has 0 aliphatic carbocycles. The van der Waals surface area contributed by atoms with E-state index in [4.69, 9.17) is 0 Å². The third-order valence-electron chi connectivity index (χ3n) is 3.15. The number of hydrogen-bond acceptors (Lipinski definition) is 5. The molecule has 21 heavy (non-hydrogen) atoms. The molecule has 0 radical (unpaired) electrons. The van der Waals surface area contributed by atoms with Crippen LogP contribution < -0.4 is 5.32 Å². The van der Waals surface area contributed by atoms with Crippen molar-refractivity contribution in [2.75, 3.05) is 6.54 Å². The summed E-state index contributed by atoms with van der Waals surface area (Å²) in [7, 11) is 0. The van der Waals surface area contributed by atoms with Crippen molar-refractivity contribution in [1.82, 2.24) is 25.7 Å². The van der Waals surface area contributed by atoms with Gasteiger partial charge in [-0.25, -0.2) is 0 Å². The van der Waals surface area contributed by atoms with E-state index in [0.717, 1.165) is 28.7 Å². The van der Waals surface area contributed by atoms with Gasteiger partial charge in [-0.1, -0.05) is 48.6 Å². The average Bonchev–Trinajstić information content (AvgIpc) is 3.20. The quantitative estimate of drug-likeness (QED) is 0.734. The van der Waals surface area contributed by atoms with Crippen molar-refractivity contribution in [3.05, 3.63) is 53.2 Å². The maximum Gasteiger partial charge on any atom is 0.165 e.